The van der Waals surface area contributed by atoms with Crippen LogP contribution in [-0.2, 0) is 4.74 Å². The van der Waals surface area contributed by atoms with Gasteiger partial charge < -0.3 is 4.74 Å². The van der Waals surface area contributed by atoms with Crippen LogP contribution in [0.2, 0.25) is 0 Å². The number of hydrogen-bond donors (Lipinski definition) is 0. The van der Waals surface area contributed by atoms with Crippen molar-refractivity contribution in [3.8, 4) is 0 Å². The molecule has 3 unspecified atom stereocenters. The Hall–Kier alpha value is 0.250. The van der Waals surface area contributed by atoms with Crippen molar-refractivity contribution in [3.05, 3.63) is 0 Å². The van der Waals surface area contributed by atoms with Crippen molar-refractivity contribution in [2.75, 3.05) is 5.88 Å². The number of halogens is 1. The Balaban J connectivity index is 2.38. The fourth-order valence-electron chi connectivity index (χ4n) is 1.34. The van der Waals surface area contributed by atoms with Crippen LogP contribution in [0.25, 0.3) is 0 Å². The van der Waals surface area contributed by atoms with Crippen molar-refractivity contribution in [2.45, 2.75) is 32.5 Å². The minimum Gasteiger partial charge on any atom is -0.375 e. The predicted octanol–water partition coefficient (Wildman–Crippen LogP) is 2.04. The zero-order valence-corrected chi connectivity index (χ0v) is 6.69. The first kappa shape index (κ1) is 7.36. The molecule has 0 aromatic rings. The molecule has 0 saturated carbocycles. The molecule has 1 aliphatic heterocycles. The Morgan fingerprint density at radius 1 is 1.56 bits per heavy atom. The SMILES string of the molecule is CC1CC(CCl)C(C)O1. The van der Waals surface area contributed by atoms with Crippen LogP contribution in [0.5, 0.6) is 0 Å². The molecule has 1 heterocycles. The topological polar surface area (TPSA) is 9.23 Å². The Kier molecular flexibility index (Phi) is 2.36. The summed E-state index contributed by atoms with van der Waals surface area (Å²) in [5.41, 5.74) is 0. The van der Waals surface area contributed by atoms with Gasteiger partial charge in [0, 0.05) is 11.8 Å². The zero-order chi connectivity index (χ0) is 6.85. The van der Waals surface area contributed by atoms with Crippen LogP contribution in [0.3, 0.4) is 0 Å². The van der Waals surface area contributed by atoms with E-state index in [2.05, 4.69) is 13.8 Å². The third-order valence-electron chi connectivity index (χ3n) is 1.94. The fourth-order valence-corrected chi connectivity index (χ4v) is 1.72. The highest BCUT2D eigenvalue weighted by molar-refractivity contribution is 6.18. The van der Waals surface area contributed by atoms with Crippen molar-refractivity contribution in [1.82, 2.24) is 0 Å². The van der Waals surface area contributed by atoms with E-state index in [0.29, 0.717) is 18.1 Å². The number of hydrogen-bond acceptors (Lipinski definition) is 1. The summed E-state index contributed by atoms with van der Waals surface area (Å²) >= 11 is 5.69. The van der Waals surface area contributed by atoms with Crippen molar-refractivity contribution < 1.29 is 4.74 Å². The maximum atomic E-state index is 5.69. The van der Waals surface area contributed by atoms with E-state index >= 15 is 0 Å². The van der Waals surface area contributed by atoms with Crippen molar-refractivity contribution >= 4 is 11.6 Å². The van der Waals surface area contributed by atoms with Crippen molar-refractivity contribution in [3.63, 3.8) is 0 Å². The summed E-state index contributed by atoms with van der Waals surface area (Å²) in [6.45, 7) is 4.19. The van der Waals surface area contributed by atoms with Crippen LogP contribution in [0.4, 0.5) is 0 Å². The third-order valence-corrected chi connectivity index (χ3v) is 2.34. The van der Waals surface area contributed by atoms with E-state index in [4.69, 9.17) is 16.3 Å². The summed E-state index contributed by atoms with van der Waals surface area (Å²) in [6, 6.07) is 0. The largest absolute Gasteiger partial charge is 0.375 e. The molecular weight excluding hydrogens is 136 g/mol. The lowest BCUT2D eigenvalue weighted by atomic mass is 10.0. The van der Waals surface area contributed by atoms with Gasteiger partial charge in [0.25, 0.3) is 0 Å². The molecular formula is C7H13ClO. The minimum absolute atomic E-state index is 0.373. The summed E-state index contributed by atoms with van der Waals surface area (Å²) in [5, 5.41) is 0. The van der Waals surface area contributed by atoms with Crippen molar-refractivity contribution in [2.24, 2.45) is 5.92 Å². The Morgan fingerprint density at radius 2 is 2.22 bits per heavy atom. The molecule has 9 heavy (non-hydrogen) atoms. The van der Waals surface area contributed by atoms with E-state index in [-0.39, 0.29) is 0 Å². The van der Waals surface area contributed by atoms with Gasteiger partial charge in [0.15, 0.2) is 0 Å². The molecule has 3 atom stereocenters. The van der Waals surface area contributed by atoms with E-state index in [0.717, 1.165) is 12.3 Å². The Morgan fingerprint density at radius 3 is 2.44 bits per heavy atom. The highest BCUT2D eigenvalue weighted by atomic mass is 35.5. The van der Waals surface area contributed by atoms with Gasteiger partial charge in [0.2, 0.25) is 0 Å². The van der Waals surface area contributed by atoms with E-state index in [9.17, 15) is 0 Å². The average molecular weight is 149 g/mol. The second kappa shape index (κ2) is 2.89. The van der Waals surface area contributed by atoms with Crippen LogP contribution in [0, 0.1) is 5.92 Å². The van der Waals surface area contributed by atoms with Gasteiger partial charge in [-0.1, -0.05) is 0 Å². The molecule has 0 aromatic carbocycles. The Bertz CT molecular complexity index is 94.9. The highest BCUT2D eigenvalue weighted by Crippen LogP contribution is 2.26. The maximum Gasteiger partial charge on any atom is 0.0591 e. The lowest BCUT2D eigenvalue weighted by Crippen LogP contribution is -2.11. The monoisotopic (exact) mass is 148 g/mol. The quantitative estimate of drug-likeness (QED) is 0.518. The van der Waals surface area contributed by atoms with Crippen molar-refractivity contribution in [1.29, 1.82) is 0 Å². The molecule has 0 amide bonds. The van der Waals surface area contributed by atoms with Gasteiger partial charge in [0.1, 0.15) is 0 Å². The standard InChI is InChI=1S/C7H13ClO/c1-5-3-7(4-8)6(2)9-5/h5-7H,3-4H2,1-2H3. The second-order valence-corrected chi connectivity index (χ2v) is 3.11. The van der Waals surface area contributed by atoms with E-state index in [1.807, 2.05) is 0 Å². The molecule has 1 rings (SSSR count). The van der Waals surface area contributed by atoms with Gasteiger partial charge in [0.05, 0.1) is 12.2 Å². The summed E-state index contributed by atoms with van der Waals surface area (Å²) in [4.78, 5) is 0. The van der Waals surface area contributed by atoms with E-state index < -0.39 is 0 Å². The summed E-state index contributed by atoms with van der Waals surface area (Å²) in [7, 11) is 0. The van der Waals surface area contributed by atoms with Gasteiger partial charge in [-0.2, -0.15) is 0 Å². The van der Waals surface area contributed by atoms with Crippen LogP contribution in [-0.4, -0.2) is 18.1 Å². The summed E-state index contributed by atoms with van der Waals surface area (Å²) in [6.07, 6.45) is 1.92. The second-order valence-electron chi connectivity index (χ2n) is 2.80. The van der Waals surface area contributed by atoms with Gasteiger partial charge in [-0.3, -0.25) is 0 Å². The third kappa shape index (κ3) is 1.59. The molecule has 1 saturated heterocycles. The predicted molar refractivity (Wildman–Crippen MR) is 38.8 cm³/mol. The Labute approximate surface area is 61.3 Å². The molecule has 2 heteroatoms. The summed E-state index contributed by atoms with van der Waals surface area (Å²) in [5.74, 6) is 1.33. The maximum absolute atomic E-state index is 5.69. The smallest absolute Gasteiger partial charge is 0.0591 e. The van der Waals surface area contributed by atoms with Crippen LogP contribution in [0.15, 0.2) is 0 Å². The fraction of sp³-hybridized carbons (Fsp3) is 1.00. The lowest BCUT2D eigenvalue weighted by Gasteiger charge is -2.08. The lowest BCUT2D eigenvalue weighted by molar-refractivity contribution is 0.0584. The molecule has 0 aromatic heterocycles. The normalized spacial score (nSPS) is 43.7. The number of alkyl halides is 1. The number of rotatable bonds is 1. The average Bonchev–Trinajstić information content (AvgIpc) is 2.10. The molecule has 1 aliphatic rings. The molecule has 0 aliphatic carbocycles. The zero-order valence-electron chi connectivity index (χ0n) is 5.93. The molecule has 54 valence electrons. The minimum atomic E-state index is 0.373. The molecule has 0 spiro atoms. The molecule has 1 fully saturated rings. The van der Waals surface area contributed by atoms with E-state index in [1.54, 1.807) is 0 Å². The first-order valence-electron chi connectivity index (χ1n) is 3.45. The first-order valence-corrected chi connectivity index (χ1v) is 3.99. The van der Waals surface area contributed by atoms with Crippen LogP contribution in [0.1, 0.15) is 20.3 Å². The van der Waals surface area contributed by atoms with Gasteiger partial charge in [-0.25, -0.2) is 0 Å². The van der Waals surface area contributed by atoms with Crippen LogP contribution >= 0.6 is 11.6 Å². The first-order chi connectivity index (χ1) is 4.24. The van der Waals surface area contributed by atoms with Gasteiger partial charge in [-0.05, 0) is 20.3 Å². The van der Waals surface area contributed by atoms with E-state index in [1.165, 1.54) is 0 Å². The molecule has 0 radical (unpaired) electrons. The molecule has 0 N–H and O–H groups in total. The summed E-state index contributed by atoms with van der Waals surface area (Å²) < 4.78 is 5.48. The number of ether oxygens (including phenoxy) is 1. The molecule has 1 nitrogen and oxygen atoms in total. The van der Waals surface area contributed by atoms with Gasteiger partial charge in [-0.15, -0.1) is 11.6 Å². The highest BCUT2D eigenvalue weighted by Gasteiger charge is 2.28. The molecule has 0 bridgehead atoms. The van der Waals surface area contributed by atoms with Crippen LogP contribution < -0.4 is 0 Å². The van der Waals surface area contributed by atoms with Gasteiger partial charge >= 0.3 is 0 Å².